The van der Waals surface area contributed by atoms with Crippen molar-refractivity contribution in [3.8, 4) is 11.5 Å². The molecule has 0 spiro atoms. The van der Waals surface area contributed by atoms with Gasteiger partial charge in [0.25, 0.3) is 5.91 Å². The van der Waals surface area contributed by atoms with E-state index >= 15 is 0 Å². The van der Waals surface area contributed by atoms with Gasteiger partial charge in [-0.1, -0.05) is 42.0 Å². The van der Waals surface area contributed by atoms with E-state index < -0.39 is 11.2 Å². The Morgan fingerprint density at radius 1 is 1.06 bits per heavy atom. The van der Waals surface area contributed by atoms with Crippen LogP contribution in [-0.4, -0.2) is 40.4 Å². The fourth-order valence-corrected chi connectivity index (χ4v) is 6.49. The van der Waals surface area contributed by atoms with Gasteiger partial charge in [-0.05, 0) is 29.7 Å². The molecule has 8 heteroatoms. The average Bonchev–Trinajstić information content (AvgIpc) is 3.65. The lowest BCUT2D eigenvalue weighted by Crippen LogP contribution is -2.55. The van der Waals surface area contributed by atoms with Gasteiger partial charge in [0.1, 0.15) is 18.5 Å². The first-order chi connectivity index (χ1) is 17.1. The molecule has 2 aromatic carbocycles. The molecule has 1 aromatic heterocycles. The molecule has 7 nitrogen and oxygen atoms in total. The maximum atomic E-state index is 13.5. The van der Waals surface area contributed by atoms with Crippen LogP contribution >= 0.6 is 11.8 Å². The second-order valence-electron chi connectivity index (χ2n) is 9.38. The molecule has 3 aromatic rings. The maximum absolute atomic E-state index is 13.5. The minimum absolute atomic E-state index is 0.000821. The summed E-state index contributed by atoms with van der Waals surface area (Å²) < 4.78 is 8.11. The molecule has 1 saturated carbocycles. The molecule has 2 atom stereocenters. The lowest BCUT2D eigenvalue weighted by atomic mass is 9.93. The topological polar surface area (TPSA) is 75.0 Å². The summed E-state index contributed by atoms with van der Waals surface area (Å²) in [4.78, 5) is 28.7. The Morgan fingerprint density at radius 2 is 1.94 bits per heavy atom. The highest BCUT2D eigenvalue weighted by atomic mass is 32.2. The number of thioether (sulfide) groups is 1. The molecule has 0 radical (unpaired) electrons. The van der Waals surface area contributed by atoms with Crippen molar-refractivity contribution in [3.05, 3.63) is 99.0 Å². The molecule has 2 bridgehead atoms. The fraction of sp³-hybridized carbons (Fsp3) is 0.259. The molecule has 1 fully saturated rings. The van der Waals surface area contributed by atoms with Gasteiger partial charge < -0.3 is 14.7 Å². The number of aromatic nitrogens is 1. The standard InChI is InChI=1S/C27H23N3O4S/c31-20-9-11-29-25(26(20)32)27(33)28-10-8-16-12-18(16)13-34-21-6-3-4-17-14-35-22-7-2-1-5-19(22)24(23(17)21)30(29)15-28/h1-9,11,18,24,32H,10,12-15H2/b16-8-/t18-,24+/m0/s1. The minimum atomic E-state index is -0.561. The number of aromatic hydroxyl groups is 1. The molecule has 0 unspecified atom stereocenters. The van der Waals surface area contributed by atoms with Crippen LogP contribution in [0.1, 0.15) is 39.6 Å². The van der Waals surface area contributed by atoms with Crippen LogP contribution < -0.4 is 15.2 Å². The van der Waals surface area contributed by atoms with Crippen molar-refractivity contribution in [3.63, 3.8) is 0 Å². The van der Waals surface area contributed by atoms with Crippen LogP contribution in [0.15, 0.2) is 76.1 Å². The van der Waals surface area contributed by atoms with Gasteiger partial charge in [-0.2, -0.15) is 0 Å². The number of amides is 1. The quantitative estimate of drug-likeness (QED) is 0.490. The van der Waals surface area contributed by atoms with Crippen molar-refractivity contribution in [2.45, 2.75) is 23.1 Å². The SMILES string of the molecule is O=C1c2c(O)c(=O)ccn2N2CN1C/C=C1/C[C@H]1COc1cccc3c1[C@H]2c1ccccc1SC3. The van der Waals surface area contributed by atoms with Crippen LogP contribution in [-0.2, 0) is 5.75 Å². The van der Waals surface area contributed by atoms with Crippen molar-refractivity contribution >= 4 is 17.7 Å². The summed E-state index contributed by atoms with van der Waals surface area (Å²) in [5, 5.41) is 12.8. The normalized spacial score (nSPS) is 23.7. The molecule has 4 aliphatic rings. The Bertz CT molecular complexity index is 1480. The number of hydrogen-bond donors (Lipinski definition) is 1. The smallest absolute Gasteiger partial charge is 0.278 e. The van der Waals surface area contributed by atoms with Gasteiger partial charge in [-0.25, -0.2) is 0 Å². The van der Waals surface area contributed by atoms with E-state index in [0.717, 1.165) is 33.9 Å². The zero-order valence-corrected chi connectivity index (χ0v) is 19.7. The lowest BCUT2D eigenvalue weighted by molar-refractivity contribution is 0.0700. The first-order valence-corrected chi connectivity index (χ1v) is 12.7. The number of carbonyl (C=O) groups excluding carboxylic acids is 1. The van der Waals surface area contributed by atoms with Crippen LogP contribution in [0.3, 0.4) is 0 Å². The van der Waals surface area contributed by atoms with E-state index in [1.54, 1.807) is 27.5 Å². The molecule has 4 heterocycles. The fourth-order valence-electron chi connectivity index (χ4n) is 5.40. The maximum Gasteiger partial charge on any atom is 0.278 e. The predicted octanol–water partition coefficient (Wildman–Crippen LogP) is 3.64. The van der Waals surface area contributed by atoms with Gasteiger partial charge in [-0.15, -0.1) is 11.8 Å². The number of hydrogen-bond acceptors (Lipinski definition) is 6. The van der Waals surface area contributed by atoms with Crippen molar-refractivity contribution < 1.29 is 14.6 Å². The molecule has 3 aliphatic heterocycles. The van der Waals surface area contributed by atoms with E-state index in [-0.39, 0.29) is 17.6 Å². The molecule has 0 saturated heterocycles. The molecular formula is C27H23N3O4S. The molecule has 7 rings (SSSR count). The van der Waals surface area contributed by atoms with Gasteiger partial charge in [0.2, 0.25) is 5.43 Å². The van der Waals surface area contributed by atoms with Crippen LogP contribution in [0.4, 0.5) is 0 Å². The monoisotopic (exact) mass is 485 g/mol. The third-order valence-electron chi connectivity index (χ3n) is 7.32. The molecule has 35 heavy (non-hydrogen) atoms. The van der Waals surface area contributed by atoms with Crippen molar-refractivity contribution in [2.24, 2.45) is 5.92 Å². The molecule has 1 amide bonds. The van der Waals surface area contributed by atoms with E-state index in [1.165, 1.54) is 17.2 Å². The van der Waals surface area contributed by atoms with E-state index in [4.69, 9.17) is 4.74 Å². The molecular weight excluding hydrogens is 462 g/mol. The summed E-state index contributed by atoms with van der Waals surface area (Å²) in [6.45, 7) is 1.34. The highest BCUT2D eigenvalue weighted by Crippen LogP contribution is 2.47. The summed E-state index contributed by atoms with van der Waals surface area (Å²) in [5.74, 6) is 1.14. The minimum Gasteiger partial charge on any atom is -0.502 e. The summed E-state index contributed by atoms with van der Waals surface area (Å²) in [6.07, 6.45) is 4.65. The second kappa shape index (κ2) is 7.68. The Kier molecular flexibility index (Phi) is 4.54. The number of pyridine rings is 1. The molecule has 1 aliphatic carbocycles. The van der Waals surface area contributed by atoms with E-state index in [1.807, 2.05) is 24.3 Å². The van der Waals surface area contributed by atoms with Gasteiger partial charge in [0.15, 0.2) is 11.4 Å². The Labute approximate surface area is 206 Å². The largest absolute Gasteiger partial charge is 0.502 e. The van der Waals surface area contributed by atoms with E-state index in [2.05, 4.69) is 29.3 Å². The number of fused-ring (bicyclic) bond motifs is 8. The summed E-state index contributed by atoms with van der Waals surface area (Å²) in [5.41, 5.74) is 4.06. The first kappa shape index (κ1) is 20.7. The summed E-state index contributed by atoms with van der Waals surface area (Å²) in [7, 11) is 0. The van der Waals surface area contributed by atoms with Crippen LogP contribution in [0.5, 0.6) is 11.5 Å². The van der Waals surface area contributed by atoms with Crippen LogP contribution in [0.25, 0.3) is 0 Å². The van der Waals surface area contributed by atoms with Crippen molar-refractivity contribution in [1.29, 1.82) is 0 Å². The Morgan fingerprint density at radius 3 is 2.86 bits per heavy atom. The highest BCUT2D eigenvalue weighted by Gasteiger charge is 2.40. The number of rotatable bonds is 0. The second-order valence-corrected chi connectivity index (χ2v) is 10.4. The van der Waals surface area contributed by atoms with Gasteiger partial charge in [0.05, 0.1) is 6.61 Å². The highest BCUT2D eigenvalue weighted by molar-refractivity contribution is 7.98. The third-order valence-corrected chi connectivity index (χ3v) is 8.46. The number of ether oxygens (including phenoxy) is 1. The van der Waals surface area contributed by atoms with E-state index in [9.17, 15) is 14.7 Å². The summed E-state index contributed by atoms with van der Waals surface area (Å²) in [6, 6.07) is 15.5. The Balaban J connectivity index is 1.53. The molecule has 176 valence electrons. The van der Waals surface area contributed by atoms with E-state index in [0.29, 0.717) is 25.7 Å². The van der Waals surface area contributed by atoms with Gasteiger partial charge in [-0.3, -0.25) is 19.3 Å². The number of nitrogens with zero attached hydrogens (tertiary/aromatic N) is 3. The zero-order chi connectivity index (χ0) is 23.7. The van der Waals surface area contributed by atoms with Crippen molar-refractivity contribution in [2.75, 3.05) is 24.8 Å². The first-order valence-electron chi connectivity index (χ1n) is 11.8. The zero-order valence-electron chi connectivity index (χ0n) is 18.9. The van der Waals surface area contributed by atoms with Gasteiger partial charge in [0, 0.05) is 40.9 Å². The van der Waals surface area contributed by atoms with Crippen LogP contribution in [0.2, 0.25) is 0 Å². The van der Waals surface area contributed by atoms with Gasteiger partial charge >= 0.3 is 0 Å². The number of carbonyl (C=O) groups is 1. The molecule has 1 N–H and O–H groups in total. The average molecular weight is 486 g/mol. The van der Waals surface area contributed by atoms with Crippen molar-refractivity contribution in [1.82, 2.24) is 9.58 Å². The van der Waals surface area contributed by atoms with Crippen LogP contribution in [0, 0.1) is 5.92 Å². The third kappa shape index (κ3) is 3.20. The summed E-state index contributed by atoms with van der Waals surface area (Å²) >= 11 is 1.79. The Hall–Kier alpha value is -3.65. The number of benzene rings is 2. The lowest BCUT2D eigenvalue weighted by Gasteiger charge is -2.44. The predicted molar refractivity (Wildman–Crippen MR) is 132 cm³/mol.